The van der Waals surface area contributed by atoms with Crippen LogP contribution in [0.3, 0.4) is 0 Å². The van der Waals surface area contributed by atoms with Crippen LogP contribution in [0, 0.1) is 11.6 Å². The zero-order chi connectivity index (χ0) is 19.9. The largest absolute Gasteiger partial charge is 0.477 e. The van der Waals surface area contributed by atoms with Gasteiger partial charge >= 0.3 is 5.97 Å². The Morgan fingerprint density at radius 2 is 1.96 bits per heavy atom. The highest BCUT2D eigenvalue weighted by molar-refractivity contribution is 7.14. The van der Waals surface area contributed by atoms with Gasteiger partial charge in [0.1, 0.15) is 22.1 Å². The topological polar surface area (TPSA) is 66.8 Å². The van der Waals surface area contributed by atoms with Crippen LogP contribution in [0.25, 0.3) is 0 Å². The van der Waals surface area contributed by atoms with E-state index >= 15 is 0 Å². The average molecular weight is 407 g/mol. The van der Waals surface area contributed by atoms with Crippen LogP contribution >= 0.6 is 11.3 Å². The van der Waals surface area contributed by atoms with Crippen molar-refractivity contribution in [3.05, 3.63) is 56.8 Å². The van der Waals surface area contributed by atoms with Crippen LogP contribution in [0.1, 0.15) is 38.5 Å². The number of rotatable bonds is 3. The van der Waals surface area contributed by atoms with Crippen LogP contribution in [-0.4, -0.2) is 41.6 Å². The first-order chi connectivity index (χ1) is 13.4. The Bertz CT molecular complexity index is 934. The van der Waals surface area contributed by atoms with E-state index in [-0.39, 0.29) is 17.9 Å². The molecule has 0 saturated carbocycles. The maximum Gasteiger partial charge on any atom is 0.345 e. The van der Waals surface area contributed by atoms with Crippen LogP contribution in [0.4, 0.5) is 8.78 Å². The average Bonchev–Trinajstić information content (AvgIpc) is 3.12. The highest BCUT2D eigenvalue weighted by Crippen LogP contribution is 2.45. The number of aromatic carboxylic acids is 1. The van der Waals surface area contributed by atoms with Gasteiger partial charge in [-0.15, -0.1) is 11.3 Å². The van der Waals surface area contributed by atoms with Gasteiger partial charge in [-0.1, -0.05) is 0 Å². The maximum absolute atomic E-state index is 13.8. The van der Waals surface area contributed by atoms with Gasteiger partial charge in [-0.25, -0.2) is 13.6 Å². The molecular weight excluding hydrogens is 388 g/mol. The summed E-state index contributed by atoms with van der Waals surface area (Å²) in [5, 5.41) is 9.28. The van der Waals surface area contributed by atoms with Crippen molar-refractivity contribution in [1.29, 1.82) is 0 Å². The van der Waals surface area contributed by atoms with E-state index in [1.165, 1.54) is 11.3 Å². The number of carboxylic acids is 1. The number of nitrogens with zero attached hydrogens (tertiary/aromatic N) is 1. The van der Waals surface area contributed by atoms with Crippen molar-refractivity contribution in [2.75, 3.05) is 19.7 Å². The number of carbonyl (C=O) groups excluding carboxylic acids is 1. The second kappa shape index (κ2) is 7.25. The number of hydrogen-bond donors (Lipinski definition) is 1. The van der Waals surface area contributed by atoms with Crippen molar-refractivity contribution in [1.82, 2.24) is 4.90 Å². The van der Waals surface area contributed by atoms with Crippen molar-refractivity contribution in [2.45, 2.75) is 31.3 Å². The lowest BCUT2D eigenvalue weighted by molar-refractivity contribution is -0.139. The van der Waals surface area contributed by atoms with Gasteiger partial charge in [-0.2, -0.15) is 0 Å². The molecule has 0 bridgehead atoms. The standard InChI is InChI=1S/C20H19F2NO4S/c21-14-1-2-15(22)13(9-14)11-17(24)23-6-4-20(5-7-23)18-12(3-8-27-20)10-16(28-18)19(25)26/h1-2,9-10H,3-8,11H2,(H,25,26). The van der Waals surface area contributed by atoms with Crippen molar-refractivity contribution in [3.8, 4) is 0 Å². The van der Waals surface area contributed by atoms with Gasteiger partial charge in [-0.05, 0) is 49.1 Å². The fourth-order valence-electron chi connectivity index (χ4n) is 3.97. The Balaban J connectivity index is 1.47. The van der Waals surface area contributed by atoms with E-state index in [1.54, 1.807) is 11.0 Å². The molecule has 1 amide bonds. The summed E-state index contributed by atoms with van der Waals surface area (Å²) in [7, 11) is 0. The quantitative estimate of drug-likeness (QED) is 0.847. The minimum absolute atomic E-state index is 0.0471. The summed E-state index contributed by atoms with van der Waals surface area (Å²) in [6.45, 7) is 1.37. The number of thiophene rings is 1. The highest BCUT2D eigenvalue weighted by atomic mass is 32.1. The molecule has 28 heavy (non-hydrogen) atoms. The molecule has 148 valence electrons. The van der Waals surface area contributed by atoms with Gasteiger partial charge in [0.2, 0.25) is 5.91 Å². The Hall–Kier alpha value is -2.32. The first-order valence-corrected chi connectivity index (χ1v) is 9.92. The van der Waals surface area contributed by atoms with Crippen molar-refractivity contribution < 1.29 is 28.2 Å². The summed E-state index contributed by atoms with van der Waals surface area (Å²) in [6, 6.07) is 4.82. The van der Waals surface area contributed by atoms with E-state index in [4.69, 9.17) is 4.74 Å². The number of ether oxygens (including phenoxy) is 1. The molecule has 1 saturated heterocycles. The minimum atomic E-state index is -0.945. The number of amides is 1. The number of carbonyl (C=O) groups is 2. The summed E-state index contributed by atoms with van der Waals surface area (Å²) < 4.78 is 33.2. The monoisotopic (exact) mass is 407 g/mol. The van der Waals surface area contributed by atoms with E-state index in [2.05, 4.69) is 0 Å². The zero-order valence-corrected chi connectivity index (χ0v) is 15.9. The minimum Gasteiger partial charge on any atom is -0.477 e. The number of benzene rings is 1. The predicted octanol–water partition coefficient (Wildman–Crippen LogP) is 3.36. The highest BCUT2D eigenvalue weighted by Gasteiger charge is 2.43. The molecule has 4 rings (SSSR count). The molecule has 0 unspecified atom stereocenters. The molecule has 2 aliphatic heterocycles. The number of carboxylic acid groups (broad SMARTS) is 1. The fraction of sp³-hybridized carbons (Fsp3) is 0.400. The lowest BCUT2D eigenvalue weighted by Crippen LogP contribution is -2.48. The van der Waals surface area contributed by atoms with E-state index in [0.29, 0.717) is 43.8 Å². The molecule has 1 N–H and O–H groups in total. The molecule has 1 fully saturated rings. The Morgan fingerprint density at radius 1 is 1.21 bits per heavy atom. The number of piperidine rings is 1. The second-order valence-corrected chi connectivity index (χ2v) is 8.21. The van der Waals surface area contributed by atoms with Gasteiger partial charge in [0, 0.05) is 23.5 Å². The molecule has 1 aromatic heterocycles. The number of hydrogen-bond acceptors (Lipinski definition) is 4. The summed E-state index contributed by atoms with van der Waals surface area (Å²) in [4.78, 5) is 26.8. The fourth-order valence-corrected chi connectivity index (χ4v) is 5.22. The van der Waals surface area contributed by atoms with Crippen molar-refractivity contribution in [3.63, 3.8) is 0 Å². The van der Waals surface area contributed by atoms with E-state index in [9.17, 15) is 23.5 Å². The Morgan fingerprint density at radius 3 is 2.68 bits per heavy atom. The molecule has 1 aromatic carbocycles. The molecule has 8 heteroatoms. The number of halogens is 2. The first-order valence-electron chi connectivity index (χ1n) is 9.10. The van der Waals surface area contributed by atoms with Gasteiger partial charge < -0.3 is 14.7 Å². The van der Waals surface area contributed by atoms with Crippen LogP contribution < -0.4 is 0 Å². The third-order valence-electron chi connectivity index (χ3n) is 5.46. The van der Waals surface area contributed by atoms with Crippen LogP contribution in [0.15, 0.2) is 24.3 Å². The van der Waals surface area contributed by atoms with E-state index in [0.717, 1.165) is 28.6 Å². The molecule has 0 aliphatic carbocycles. The maximum atomic E-state index is 13.8. The summed E-state index contributed by atoms with van der Waals surface area (Å²) in [5.41, 5.74) is 0.494. The predicted molar refractivity (Wildman–Crippen MR) is 98.5 cm³/mol. The molecule has 5 nitrogen and oxygen atoms in total. The van der Waals surface area contributed by atoms with Crippen LogP contribution in [0.5, 0.6) is 0 Å². The summed E-state index contributed by atoms with van der Waals surface area (Å²) >= 11 is 1.25. The normalized spacial score (nSPS) is 18.1. The zero-order valence-electron chi connectivity index (χ0n) is 15.0. The lowest BCUT2D eigenvalue weighted by atomic mass is 9.85. The number of likely N-dealkylation sites (tertiary alicyclic amines) is 1. The molecule has 1 spiro atoms. The van der Waals surface area contributed by atoms with Crippen LogP contribution in [0.2, 0.25) is 0 Å². The third kappa shape index (κ3) is 3.42. The smallest absolute Gasteiger partial charge is 0.345 e. The van der Waals surface area contributed by atoms with E-state index in [1.807, 2.05) is 0 Å². The van der Waals surface area contributed by atoms with Crippen LogP contribution in [-0.2, 0) is 28.0 Å². The molecule has 0 radical (unpaired) electrons. The SMILES string of the molecule is O=C(O)c1cc2c(s1)C1(CCN(C(=O)Cc3cc(F)ccc3F)CC1)OCC2. The van der Waals surface area contributed by atoms with E-state index < -0.39 is 23.2 Å². The number of fused-ring (bicyclic) bond motifs is 2. The molecule has 2 aliphatic rings. The second-order valence-electron chi connectivity index (χ2n) is 7.16. The van der Waals surface area contributed by atoms with Gasteiger partial charge in [0.05, 0.1) is 13.0 Å². The third-order valence-corrected chi connectivity index (χ3v) is 6.81. The van der Waals surface area contributed by atoms with Gasteiger partial charge in [0.25, 0.3) is 0 Å². The van der Waals surface area contributed by atoms with Crippen molar-refractivity contribution in [2.24, 2.45) is 0 Å². The molecule has 3 heterocycles. The van der Waals surface area contributed by atoms with Gasteiger partial charge in [0.15, 0.2) is 0 Å². The lowest BCUT2D eigenvalue weighted by Gasteiger charge is -2.43. The Labute approximate surface area is 164 Å². The molecule has 2 aromatic rings. The molecular formula is C20H19F2NO4S. The molecule has 0 atom stereocenters. The Kier molecular flexibility index (Phi) is 4.93. The summed E-state index contributed by atoms with van der Waals surface area (Å²) in [5.74, 6) is -2.37. The first kappa shape index (κ1) is 19.0. The van der Waals surface area contributed by atoms with Crippen molar-refractivity contribution >= 4 is 23.2 Å². The summed E-state index contributed by atoms with van der Waals surface area (Å²) in [6.07, 6.45) is 1.60. The van der Waals surface area contributed by atoms with Gasteiger partial charge in [-0.3, -0.25) is 4.79 Å².